The van der Waals surface area contributed by atoms with E-state index < -0.39 is 17.7 Å². The van der Waals surface area contributed by atoms with E-state index in [0.717, 1.165) is 44.6 Å². The summed E-state index contributed by atoms with van der Waals surface area (Å²) in [5.74, 6) is 0.117. The molecule has 0 aliphatic carbocycles. The fraction of sp³-hybridized carbons (Fsp3) is 0.231. The Hall–Kier alpha value is -3.46. The summed E-state index contributed by atoms with van der Waals surface area (Å²) in [5, 5.41) is 7.68. The third-order valence-corrected chi connectivity index (χ3v) is 6.68. The number of hydrogen-bond acceptors (Lipinski definition) is 5. The number of aryl methyl sites for hydroxylation is 1. The quantitative estimate of drug-likeness (QED) is 0.215. The maximum Gasteiger partial charge on any atom is 0.416 e. The van der Waals surface area contributed by atoms with Gasteiger partial charge in [0, 0.05) is 10.3 Å². The number of thioether (sulfide) groups is 1. The molecule has 5 nitrogen and oxygen atoms in total. The average Bonchev–Trinajstić information content (AvgIpc) is 3.31. The second-order valence-corrected chi connectivity index (χ2v) is 9.00. The van der Waals surface area contributed by atoms with Gasteiger partial charge in [-0.3, -0.25) is 5.10 Å². The van der Waals surface area contributed by atoms with E-state index in [9.17, 15) is 18.0 Å². The van der Waals surface area contributed by atoms with Gasteiger partial charge in [0.1, 0.15) is 5.75 Å². The average molecular weight is 501 g/mol. The number of aromatic amines is 1. The highest BCUT2D eigenvalue weighted by atomic mass is 32.2. The Morgan fingerprint density at radius 2 is 1.89 bits per heavy atom. The highest BCUT2D eigenvalue weighted by molar-refractivity contribution is 7.99. The summed E-state index contributed by atoms with van der Waals surface area (Å²) < 4.78 is 49.9. The number of nitrogens with one attached hydrogen (secondary N) is 1. The number of carbonyl (C=O) groups excluding carboxylic acids is 1. The number of alkyl halides is 3. The summed E-state index contributed by atoms with van der Waals surface area (Å²) in [4.78, 5) is 12.5. The van der Waals surface area contributed by atoms with Crippen LogP contribution < -0.4 is 4.74 Å². The first-order valence-electron chi connectivity index (χ1n) is 10.9. The number of benzene rings is 3. The molecular weight excluding hydrogens is 477 g/mol. The van der Waals surface area contributed by atoms with Gasteiger partial charge < -0.3 is 9.47 Å². The molecular formula is C26H23F3N2O3S. The molecule has 1 heterocycles. The van der Waals surface area contributed by atoms with Crippen LogP contribution in [0, 0.1) is 6.92 Å². The van der Waals surface area contributed by atoms with Crippen molar-refractivity contribution in [3.63, 3.8) is 0 Å². The highest BCUT2D eigenvalue weighted by Crippen LogP contribution is 2.44. The molecule has 4 aromatic rings. The van der Waals surface area contributed by atoms with Crippen LogP contribution in [0.1, 0.15) is 34.4 Å². The van der Waals surface area contributed by atoms with Crippen LogP contribution in [-0.4, -0.2) is 29.4 Å². The number of nitrogens with zero attached hydrogens (tertiary/aromatic N) is 1. The van der Waals surface area contributed by atoms with Crippen LogP contribution in [-0.2, 0) is 15.7 Å². The smallest absolute Gasteiger partial charge is 0.416 e. The van der Waals surface area contributed by atoms with Gasteiger partial charge >= 0.3 is 12.1 Å². The van der Waals surface area contributed by atoms with E-state index in [0.29, 0.717) is 5.75 Å². The van der Waals surface area contributed by atoms with Gasteiger partial charge in [-0.1, -0.05) is 24.3 Å². The number of esters is 1. The number of aromatic nitrogens is 2. The normalized spacial score (nSPS) is 12.5. The molecule has 0 fully saturated rings. The van der Waals surface area contributed by atoms with Crippen LogP contribution in [0.15, 0.2) is 71.8 Å². The molecule has 1 atom stereocenters. The maximum absolute atomic E-state index is 13.1. The van der Waals surface area contributed by atoms with Crippen molar-refractivity contribution in [2.24, 2.45) is 0 Å². The second kappa shape index (κ2) is 10.4. The van der Waals surface area contributed by atoms with Crippen LogP contribution >= 0.6 is 11.8 Å². The Morgan fingerprint density at radius 3 is 2.57 bits per heavy atom. The third-order valence-electron chi connectivity index (χ3n) is 5.39. The van der Waals surface area contributed by atoms with Crippen molar-refractivity contribution in [3.8, 4) is 5.75 Å². The molecule has 182 valence electrons. The van der Waals surface area contributed by atoms with E-state index in [2.05, 4.69) is 10.2 Å². The molecule has 1 unspecified atom stereocenters. The molecule has 0 aliphatic heterocycles. The first-order chi connectivity index (χ1) is 16.8. The van der Waals surface area contributed by atoms with Crippen molar-refractivity contribution in [2.75, 3.05) is 13.2 Å². The standard InChI is InChI=1S/C26H23F3N2O3S/c1-3-33-24(32)15-34-23-12-11-19(13-16(23)2)35-25(17-7-9-18(10-8-17)26(27,28)29)20-5-4-6-22-21(20)14-30-31-22/h4-14,25H,3,15H2,1-2H3,(H,30,31). The van der Waals surface area contributed by atoms with Crippen LogP contribution in [0.4, 0.5) is 13.2 Å². The molecule has 0 amide bonds. The van der Waals surface area contributed by atoms with Crippen molar-refractivity contribution in [3.05, 3.63) is 89.1 Å². The Kier molecular flexibility index (Phi) is 7.35. The minimum atomic E-state index is -4.40. The monoisotopic (exact) mass is 500 g/mol. The molecule has 0 saturated heterocycles. The second-order valence-electron chi connectivity index (χ2n) is 7.82. The number of H-pyrrole nitrogens is 1. The summed E-state index contributed by atoms with van der Waals surface area (Å²) in [7, 11) is 0. The van der Waals surface area contributed by atoms with Crippen molar-refractivity contribution in [2.45, 2.75) is 30.2 Å². The van der Waals surface area contributed by atoms with E-state index in [1.165, 1.54) is 23.9 Å². The van der Waals surface area contributed by atoms with Gasteiger partial charge in [0.05, 0.1) is 29.1 Å². The number of carbonyl (C=O) groups is 1. The molecule has 0 saturated carbocycles. The fourth-order valence-electron chi connectivity index (χ4n) is 3.71. The minimum Gasteiger partial charge on any atom is -0.482 e. The van der Waals surface area contributed by atoms with Crippen LogP contribution in [0.25, 0.3) is 10.9 Å². The largest absolute Gasteiger partial charge is 0.482 e. The van der Waals surface area contributed by atoms with Gasteiger partial charge in [-0.25, -0.2) is 4.79 Å². The molecule has 0 aliphatic rings. The van der Waals surface area contributed by atoms with Gasteiger partial charge in [0.2, 0.25) is 0 Å². The van der Waals surface area contributed by atoms with E-state index >= 15 is 0 Å². The summed E-state index contributed by atoms with van der Waals surface area (Å²) in [6.45, 7) is 3.70. The van der Waals surface area contributed by atoms with Crippen molar-refractivity contribution in [1.29, 1.82) is 0 Å². The summed E-state index contributed by atoms with van der Waals surface area (Å²) in [6.07, 6.45) is -2.68. The van der Waals surface area contributed by atoms with Crippen molar-refractivity contribution >= 4 is 28.6 Å². The lowest BCUT2D eigenvalue weighted by molar-refractivity contribution is -0.145. The zero-order valence-corrected chi connectivity index (χ0v) is 19.9. The minimum absolute atomic E-state index is 0.183. The fourth-order valence-corrected chi connectivity index (χ4v) is 5.00. The lowest BCUT2D eigenvalue weighted by atomic mass is 10.00. The van der Waals surface area contributed by atoms with Gasteiger partial charge in [-0.05, 0) is 66.9 Å². The van der Waals surface area contributed by atoms with Gasteiger partial charge in [0.25, 0.3) is 0 Å². The lowest BCUT2D eigenvalue weighted by Crippen LogP contribution is -2.14. The van der Waals surface area contributed by atoms with Gasteiger partial charge in [-0.15, -0.1) is 11.8 Å². The Balaban J connectivity index is 1.65. The van der Waals surface area contributed by atoms with Crippen molar-refractivity contribution in [1.82, 2.24) is 10.2 Å². The zero-order chi connectivity index (χ0) is 25.0. The SMILES string of the molecule is CCOC(=O)COc1ccc(SC(c2ccc(C(F)(F)F)cc2)c2cccc3[nH]ncc23)cc1C. The van der Waals surface area contributed by atoms with Gasteiger partial charge in [-0.2, -0.15) is 18.3 Å². The Bertz CT molecular complexity index is 1320. The first kappa shape index (κ1) is 24.7. The molecule has 3 aromatic carbocycles. The Labute approximate surface area is 204 Å². The molecule has 35 heavy (non-hydrogen) atoms. The molecule has 0 bridgehead atoms. The van der Waals surface area contributed by atoms with Crippen LogP contribution in [0.3, 0.4) is 0 Å². The zero-order valence-electron chi connectivity index (χ0n) is 19.1. The number of halogens is 3. The molecule has 1 N–H and O–H groups in total. The molecule has 0 spiro atoms. The van der Waals surface area contributed by atoms with Crippen LogP contribution in [0.5, 0.6) is 5.75 Å². The summed E-state index contributed by atoms with van der Waals surface area (Å²) in [5.41, 5.74) is 2.65. The maximum atomic E-state index is 13.1. The van der Waals surface area contributed by atoms with E-state index in [4.69, 9.17) is 9.47 Å². The molecule has 1 aromatic heterocycles. The highest BCUT2D eigenvalue weighted by Gasteiger charge is 2.30. The molecule has 9 heteroatoms. The number of hydrogen-bond donors (Lipinski definition) is 1. The van der Waals surface area contributed by atoms with E-state index in [1.54, 1.807) is 19.2 Å². The topological polar surface area (TPSA) is 64.2 Å². The predicted octanol–water partition coefficient (Wildman–Crippen LogP) is 6.71. The van der Waals surface area contributed by atoms with Crippen molar-refractivity contribution < 1.29 is 27.4 Å². The summed E-state index contributed by atoms with van der Waals surface area (Å²) in [6, 6.07) is 16.6. The predicted molar refractivity (Wildman–Crippen MR) is 129 cm³/mol. The number of ether oxygens (including phenoxy) is 2. The van der Waals surface area contributed by atoms with Gasteiger partial charge in [0.15, 0.2) is 6.61 Å². The Morgan fingerprint density at radius 1 is 1.11 bits per heavy atom. The van der Waals surface area contributed by atoms with E-state index in [1.807, 2.05) is 37.3 Å². The summed E-state index contributed by atoms with van der Waals surface area (Å²) >= 11 is 1.51. The first-order valence-corrected chi connectivity index (χ1v) is 11.8. The van der Waals surface area contributed by atoms with Crippen LogP contribution in [0.2, 0.25) is 0 Å². The molecule has 0 radical (unpaired) electrons. The number of fused-ring (bicyclic) bond motifs is 1. The molecule has 4 rings (SSSR count). The lowest BCUT2D eigenvalue weighted by Gasteiger charge is -2.20. The van der Waals surface area contributed by atoms with E-state index in [-0.39, 0.29) is 18.5 Å². The third kappa shape index (κ3) is 5.79. The number of rotatable bonds is 8.